The van der Waals surface area contributed by atoms with E-state index in [1.807, 2.05) is 20.8 Å². The molecule has 1 aromatic carbocycles. The second-order valence-corrected chi connectivity index (χ2v) is 6.29. The molecule has 2 N–H and O–H groups in total. The predicted molar refractivity (Wildman–Crippen MR) is 78.9 cm³/mol. The van der Waals surface area contributed by atoms with Gasteiger partial charge in [0.05, 0.1) is 4.47 Å². The minimum absolute atomic E-state index is 0.127. The molecule has 4 nitrogen and oxygen atoms in total. The van der Waals surface area contributed by atoms with E-state index in [1.165, 1.54) is 18.2 Å². The zero-order valence-corrected chi connectivity index (χ0v) is 13.3. The number of benzene rings is 1. The molecular formula is C14H18BrFN2O2. The van der Waals surface area contributed by atoms with Gasteiger partial charge in [0.25, 0.3) is 5.91 Å². The van der Waals surface area contributed by atoms with Gasteiger partial charge in [-0.2, -0.15) is 0 Å². The second kappa shape index (κ2) is 6.83. The first-order valence-electron chi connectivity index (χ1n) is 6.23. The molecule has 0 aliphatic rings. The summed E-state index contributed by atoms with van der Waals surface area (Å²) in [5, 5.41) is 5.42. The molecule has 0 fully saturated rings. The van der Waals surface area contributed by atoms with Crippen LogP contribution in [0.1, 0.15) is 37.6 Å². The van der Waals surface area contributed by atoms with Crippen LogP contribution in [0.3, 0.4) is 0 Å². The van der Waals surface area contributed by atoms with E-state index in [2.05, 4.69) is 26.6 Å². The summed E-state index contributed by atoms with van der Waals surface area (Å²) in [7, 11) is 0. The summed E-state index contributed by atoms with van der Waals surface area (Å²) in [6.07, 6.45) is 0.200. The van der Waals surface area contributed by atoms with Gasteiger partial charge in [-0.3, -0.25) is 9.59 Å². The van der Waals surface area contributed by atoms with Crippen LogP contribution in [0.5, 0.6) is 0 Å². The van der Waals surface area contributed by atoms with Crippen LogP contribution in [0, 0.1) is 5.82 Å². The molecule has 2 amide bonds. The Kier molecular flexibility index (Phi) is 5.68. The van der Waals surface area contributed by atoms with Gasteiger partial charge in [-0.25, -0.2) is 4.39 Å². The van der Waals surface area contributed by atoms with Crippen molar-refractivity contribution in [2.75, 3.05) is 6.54 Å². The Hall–Kier alpha value is -1.43. The molecule has 0 bridgehead atoms. The molecule has 6 heteroatoms. The van der Waals surface area contributed by atoms with E-state index in [9.17, 15) is 14.0 Å². The molecular weight excluding hydrogens is 327 g/mol. The van der Waals surface area contributed by atoms with Crippen LogP contribution in [-0.4, -0.2) is 23.9 Å². The lowest BCUT2D eigenvalue weighted by Gasteiger charge is -2.20. The fourth-order valence-electron chi connectivity index (χ4n) is 1.51. The van der Waals surface area contributed by atoms with Crippen LogP contribution >= 0.6 is 15.9 Å². The van der Waals surface area contributed by atoms with Crippen molar-refractivity contribution in [1.29, 1.82) is 0 Å². The van der Waals surface area contributed by atoms with Gasteiger partial charge in [0.1, 0.15) is 5.82 Å². The minimum atomic E-state index is -0.425. The van der Waals surface area contributed by atoms with Crippen molar-refractivity contribution >= 4 is 27.7 Å². The van der Waals surface area contributed by atoms with Gasteiger partial charge >= 0.3 is 0 Å². The highest BCUT2D eigenvalue weighted by Crippen LogP contribution is 2.16. The Morgan fingerprint density at radius 1 is 1.30 bits per heavy atom. The lowest BCUT2D eigenvalue weighted by molar-refractivity contribution is -0.122. The first-order valence-corrected chi connectivity index (χ1v) is 7.02. The van der Waals surface area contributed by atoms with Crippen LogP contribution in [0.25, 0.3) is 0 Å². The molecule has 20 heavy (non-hydrogen) atoms. The quantitative estimate of drug-likeness (QED) is 0.881. The van der Waals surface area contributed by atoms with Crippen LogP contribution in [0.15, 0.2) is 22.7 Å². The van der Waals surface area contributed by atoms with Crippen molar-refractivity contribution in [2.45, 2.75) is 32.7 Å². The fraction of sp³-hybridized carbons (Fsp3) is 0.429. The Bertz CT molecular complexity index is 512. The molecule has 0 radical (unpaired) electrons. The van der Waals surface area contributed by atoms with Gasteiger partial charge in [0.15, 0.2) is 0 Å². The zero-order valence-electron chi connectivity index (χ0n) is 11.7. The third-order valence-electron chi connectivity index (χ3n) is 2.33. The van der Waals surface area contributed by atoms with Gasteiger partial charge in [0, 0.05) is 24.1 Å². The topological polar surface area (TPSA) is 58.2 Å². The average molecular weight is 345 g/mol. The molecule has 0 aromatic heterocycles. The summed E-state index contributed by atoms with van der Waals surface area (Å²) in [6, 6.07) is 4.01. The molecule has 1 rings (SSSR count). The normalized spacial score (nSPS) is 11.1. The van der Waals surface area contributed by atoms with Gasteiger partial charge < -0.3 is 10.6 Å². The standard InChI is InChI=1S/C14H18BrFN2O2/c1-14(2,3)18-12(19)6-7-17-13(20)9-4-5-11(16)10(15)8-9/h4-5,8H,6-7H2,1-3H3,(H,17,20)(H,18,19). The van der Waals surface area contributed by atoms with E-state index in [0.717, 1.165) is 0 Å². The highest BCUT2D eigenvalue weighted by molar-refractivity contribution is 9.10. The fourth-order valence-corrected chi connectivity index (χ4v) is 1.89. The Morgan fingerprint density at radius 3 is 2.50 bits per heavy atom. The monoisotopic (exact) mass is 344 g/mol. The first kappa shape index (κ1) is 16.6. The number of carbonyl (C=O) groups excluding carboxylic acids is 2. The van der Waals surface area contributed by atoms with Crippen LogP contribution in [0.2, 0.25) is 0 Å². The maximum Gasteiger partial charge on any atom is 0.251 e. The summed E-state index contributed by atoms with van der Waals surface area (Å²) in [5.74, 6) is -0.890. The molecule has 0 aliphatic carbocycles. The number of amides is 2. The lowest BCUT2D eigenvalue weighted by atomic mass is 10.1. The number of carbonyl (C=O) groups is 2. The SMILES string of the molecule is CC(C)(C)NC(=O)CCNC(=O)c1ccc(F)c(Br)c1. The molecule has 0 saturated heterocycles. The molecule has 0 aliphatic heterocycles. The van der Waals surface area contributed by atoms with E-state index in [-0.39, 0.29) is 34.8 Å². The summed E-state index contributed by atoms with van der Waals surface area (Å²) in [6.45, 7) is 5.90. The number of hydrogen-bond acceptors (Lipinski definition) is 2. The van der Waals surface area contributed by atoms with Gasteiger partial charge in [-0.1, -0.05) is 0 Å². The third-order valence-corrected chi connectivity index (χ3v) is 2.94. The molecule has 0 saturated carbocycles. The van der Waals surface area contributed by atoms with Crippen molar-refractivity contribution in [1.82, 2.24) is 10.6 Å². The number of nitrogens with one attached hydrogen (secondary N) is 2. The summed E-state index contributed by atoms with van der Waals surface area (Å²) in [5.41, 5.74) is 0.0534. The molecule has 0 atom stereocenters. The molecule has 1 aromatic rings. The minimum Gasteiger partial charge on any atom is -0.352 e. The maximum absolute atomic E-state index is 13.0. The van der Waals surface area contributed by atoms with Gasteiger partial charge in [-0.05, 0) is 54.9 Å². The zero-order chi connectivity index (χ0) is 15.3. The van der Waals surface area contributed by atoms with E-state index < -0.39 is 5.82 Å². The van der Waals surface area contributed by atoms with E-state index in [1.54, 1.807) is 0 Å². The average Bonchev–Trinajstić information content (AvgIpc) is 2.30. The predicted octanol–water partition coefficient (Wildman–Crippen LogP) is 2.62. The molecule has 0 unspecified atom stereocenters. The van der Waals surface area contributed by atoms with Crippen LogP contribution in [-0.2, 0) is 4.79 Å². The Balaban J connectivity index is 2.44. The Labute approximate surface area is 126 Å². The summed E-state index contributed by atoms with van der Waals surface area (Å²) in [4.78, 5) is 23.3. The van der Waals surface area contributed by atoms with Crippen molar-refractivity contribution in [3.8, 4) is 0 Å². The van der Waals surface area contributed by atoms with Crippen LogP contribution in [0.4, 0.5) is 4.39 Å². The van der Waals surface area contributed by atoms with Gasteiger partial charge in [0.2, 0.25) is 5.91 Å². The highest BCUT2D eigenvalue weighted by atomic mass is 79.9. The first-order chi connectivity index (χ1) is 9.19. The highest BCUT2D eigenvalue weighted by Gasteiger charge is 2.14. The second-order valence-electron chi connectivity index (χ2n) is 5.43. The number of rotatable bonds is 4. The lowest BCUT2D eigenvalue weighted by Crippen LogP contribution is -2.41. The Morgan fingerprint density at radius 2 is 1.95 bits per heavy atom. The molecule has 0 spiro atoms. The van der Waals surface area contributed by atoms with Crippen molar-refractivity contribution in [3.05, 3.63) is 34.1 Å². The van der Waals surface area contributed by atoms with Crippen molar-refractivity contribution in [3.63, 3.8) is 0 Å². The third kappa shape index (κ3) is 5.69. The molecule has 110 valence electrons. The summed E-state index contributed by atoms with van der Waals surface area (Å²) >= 11 is 3.02. The smallest absolute Gasteiger partial charge is 0.251 e. The van der Waals surface area contributed by atoms with E-state index in [0.29, 0.717) is 5.56 Å². The maximum atomic E-state index is 13.0. The van der Waals surface area contributed by atoms with E-state index >= 15 is 0 Å². The van der Waals surface area contributed by atoms with E-state index in [4.69, 9.17) is 0 Å². The van der Waals surface area contributed by atoms with Crippen molar-refractivity contribution in [2.24, 2.45) is 0 Å². The summed E-state index contributed by atoms with van der Waals surface area (Å²) < 4.78 is 13.3. The van der Waals surface area contributed by atoms with Crippen molar-refractivity contribution < 1.29 is 14.0 Å². The van der Waals surface area contributed by atoms with Gasteiger partial charge in [-0.15, -0.1) is 0 Å². The molecule has 0 heterocycles. The largest absolute Gasteiger partial charge is 0.352 e. The number of halogens is 2. The van der Waals surface area contributed by atoms with Crippen LogP contribution < -0.4 is 10.6 Å². The number of hydrogen-bond donors (Lipinski definition) is 2.